The van der Waals surface area contributed by atoms with Crippen LogP contribution in [0.1, 0.15) is 104 Å². The van der Waals surface area contributed by atoms with Crippen LogP contribution >= 0.6 is 11.8 Å². The highest BCUT2D eigenvalue weighted by Crippen LogP contribution is 2.41. The van der Waals surface area contributed by atoms with E-state index in [-0.39, 0.29) is 85.0 Å². The molecule has 7 N–H and O–H groups in total. The average Bonchev–Trinajstić information content (AvgIpc) is 4.08. The summed E-state index contributed by atoms with van der Waals surface area (Å²) in [4.78, 5) is 90.8. The van der Waals surface area contributed by atoms with Crippen LogP contribution in [-0.2, 0) is 43.6 Å². The van der Waals surface area contributed by atoms with Crippen LogP contribution < -0.4 is 37.3 Å². The summed E-state index contributed by atoms with van der Waals surface area (Å²) in [5.74, 6) is -1.74. The van der Waals surface area contributed by atoms with Crippen molar-refractivity contribution in [2.24, 2.45) is 29.6 Å². The Kier molecular flexibility index (Phi) is 15.6. The third-order valence-corrected chi connectivity index (χ3v) is 17.1. The topological polar surface area (TPSA) is 248 Å². The van der Waals surface area contributed by atoms with Gasteiger partial charge in [-0.25, -0.2) is 17.7 Å². The maximum atomic E-state index is 13.5. The molecule has 0 radical (unpaired) electrons. The number of hydrogen-bond acceptors (Lipinski definition) is 14. The lowest BCUT2D eigenvalue weighted by molar-refractivity contribution is -0.151. The highest BCUT2D eigenvalue weighted by molar-refractivity contribution is 8.00. The number of hydrazine groups is 1. The third-order valence-electron chi connectivity index (χ3n) is 14.7. The summed E-state index contributed by atoms with van der Waals surface area (Å²) in [5.41, 5.74) is 2.73. The Bertz CT molecular complexity index is 1870. The van der Waals surface area contributed by atoms with Gasteiger partial charge in [-0.1, -0.05) is 19.3 Å². The number of likely N-dealkylation sites (tertiary alicyclic amines) is 1. The predicted octanol–water partition coefficient (Wildman–Crippen LogP) is -0.512. The number of carbonyl (C=O) groups excluding carboxylic acids is 7. The zero-order valence-electron chi connectivity index (χ0n) is 37.0. The van der Waals surface area contributed by atoms with Gasteiger partial charge in [0.25, 0.3) is 0 Å². The number of nitrogens with one attached hydrogen (secondary N) is 7. The molecule has 10 atom stereocenters. The molecule has 7 rings (SSSR count). The van der Waals surface area contributed by atoms with Gasteiger partial charge in [0.15, 0.2) is 0 Å². The Labute approximate surface area is 375 Å². The van der Waals surface area contributed by atoms with Crippen LogP contribution in [0, 0.1) is 29.6 Å². The van der Waals surface area contributed by atoms with E-state index < -0.39 is 45.3 Å². The summed E-state index contributed by atoms with van der Waals surface area (Å²) < 4.78 is 24.9. The van der Waals surface area contributed by atoms with Crippen LogP contribution in [0.2, 0.25) is 0 Å². The Morgan fingerprint density at radius 3 is 2.35 bits per heavy atom. The van der Waals surface area contributed by atoms with Gasteiger partial charge >= 0.3 is 0 Å². The molecule has 7 amide bonds. The molecule has 2 aliphatic carbocycles. The summed E-state index contributed by atoms with van der Waals surface area (Å²) in [6.45, 7) is 6.22. The van der Waals surface area contributed by atoms with E-state index >= 15 is 0 Å². The quantitative estimate of drug-likeness (QED) is 0.0718. The third kappa shape index (κ3) is 11.3. The number of thioether (sulfide) groups is 1. The smallest absolute Gasteiger partial charge is 0.249 e. The summed E-state index contributed by atoms with van der Waals surface area (Å²) in [7, 11) is -3.35. The van der Waals surface area contributed by atoms with Gasteiger partial charge in [-0.05, 0) is 96.4 Å². The molecule has 0 spiro atoms. The molecule has 10 unspecified atom stereocenters. The van der Waals surface area contributed by atoms with E-state index in [1.807, 2.05) is 13.8 Å². The molecule has 5 heterocycles. The molecule has 7 aliphatic rings. The Morgan fingerprint density at radius 2 is 1.60 bits per heavy atom. The number of imide groups is 2. The molecule has 0 aromatic rings. The molecular formula is C42H68N10O9S2. The minimum atomic E-state index is -3.35. The van der Waals surface area contributed by atoms with Gasteiger partial charge < -0.3 is 21.3 Å². The van der Waals surface area contributed by atoms with Gasteiger partial charge in [-0.2, -0.15) is 0 Å². The van der Waals surface area contributed by atoms with Gasteiger partial charge in [0.2, 0.25) is 51.4 Å². The summed E-state index contributed by atoms with van der Waals surface area (Å²) in [6, 6.07) is -0.519. The lowest BCUT2D eigenvalue weighted by Crippen LogP contribution is -2.59. The number of sulfonamides is 1. The standard InChI is InChI=1S/C42H68N10O9S2/c1-42(2,40(59)44-18-6-4-5-17-43-30-12-8-11-28-35(30)39(58)52(38(28)57)32-13-14-33(53)47-37(32)56)51-20-16-29(49-51)25-9-7-10-26(21-25)31-24-62-41(46-31)48-34(54)22-45-36(55)27-15-19-50(23-27)63(3,60)61/h25-32,35,41,43,46,49H,4-24H2,1-3H3,(H,44,59)(H,45,55)(H,48,54)(H,47,53,56). The molecule has 7 fully saturated rings. The van der Waals surface area contributed by atoms with E-state index in [0.29, 0.717) is 44.3 Å². The minimum Gasteiger partial charge on any atom is -0.354 e. The van der Waals surface area contributed by atoms with Crippen LogP contribution in [0.5, 0.6) is 0 Å². The molecule has 0 aromatic heterocycles. The zero-order valence-corrected chi connectivity index (χ0v) is 38.6. The van der Waals surface area contributed by atoms with Crippen molar-refractivity contribution in [2.45, 2.75) is 139 Å². The van der Waals surface area contributed by atoms with Crippen molar-refractivity contribution >= 4 is 63.1 Å². The van der Waals surface area contributed by atoms with E-state index in [1.165, 1.54) is 4.31 Å². The number of carbonyl (C=O) groups is 7. The first-order valence-electron chi connectivity index (χ1n) is 23.2. The highest BCUT2D eigenvalue weighted by Gasteiger charge is 2.55. The SMILES string of the molecule is CC(C)(C(=O)NCCCCCNC1CCCC2C(=O)N(C3CCC(=O)NC3=O)C(=O)C12)N1CCC(C2CCCC(C3CSC(NC(=O)CNC(=O)C4CCN(S(C)(=O)=O)C4)N3)C2)N1. The monoisotopic (exact) mass is 920 g/mol. The van der Waals surface area contributed by atoms with Crippen LogP contribution in [0.15, 0.2) is 0 Å². The summed E-state index contributed by atoms with van der Waals surface area (Å²) in [5, 5.41) is 20.3. The largest absolute Gasteiger partial charge is 0.354 e. The van der Waals surface area contributed by atoms with Crippen molar-refractivity contribution in [1.82, 2.24) is 51.5 Å². The predicted molar refractivity (Wildman–Crippen MR) is 234 cm³/mol. The first-order chi connectivity index (χ1) is 30.0. The normalized spacial score (nSPS) is 33.3. The van der Waals surface area contributed by atoms with Crippen molar-refractivity contribution < 1.29 is 42.0 Å². The number of hydrogen-bond donors (Lipinski definition) is 7. The molecule has 352 valence electrons. The van der Waals surface area contributed by atoms with E-state index in [4.69, 9.17) is 0 Å². The molecule has 5 aliphatic heterocycles. The second kappa shape index (κ2) is 20.5. The Morgan fingerprint density at radius 1 is 0.857 bits per heavy atom. The molecule has 0 bridgehead atoms. The Hall–Kier alpha value is -3.21. The van der Waals surface area contributed by atoms with Crippen molar-refractivity contribution in [3.63, 3.8) is 0 Å². The number of amides is 7. The van der Waals surface area contributed by atoms with E-state index in [9.17, 15) is 42.0 Å². The first kappa shape index (κ1) is 47.7. The maximum absolute atomic E-state index is 13.5. The van der Waals surface area contributed by atoms with Crippen molar-refractivity contribution in [2.75, 3.05) is 51.3 Å². The lowest BCUT2D eigenvalue weighted by Gasteiger charge is -2.38. The second-order valence-corrected chi connectivity index (χ2v) is 22.4. The fourth-order valence-corrected chi connectivity index (χ4v) is 13.1. The highest BCUT2D eigenvalue weighted by atomic mass is 32.2. The molecule has 63 heavy (non-hydrogen) atoms. The average molecular weight is 921 g/mol. The van der Waals surface area contributed by atoms with Gasteiger partial charge in [0.1, 0.15) is 17.1 Å². The maximum Gasteiger partial charge on any atom is 0.249 e. The van der Waals surface area contributed by atoms with Crippen LogP contribution in [0.4, 0.5) is 0 Å². The van der Waals surface area contributed by atoms with Crippen molar-refractivity contribution in [3.05, 3.63) is 0 Å². The van der Waals surface area contributed by atoms with Crippen LogP contribution in [0.3, 0.4) is 0 Å². The lowest BCUT2D eigenvalue weighted by atomic mass is 9.75. The van der Waals surface area contributed by atoms with Crippen molar-refractivity contribution in [1.29, 1.82) is 0 Å². The van der Waals surface area contributed by atoms with Gasteiger partial charge in [0, 0.05) is 56.5 Å². The first-order valence-corrected chi connectivity index (χ1v) is 26.1. The van der Waals surface area contributed by atoms with E-state index in [1.54, 1.807) is 11.8 Å². The van der Waals surface area contributed by atoms with Gasteiger partial charge in [-0.15, -0.1) is 11.8 Å². The fourth-order valence-electron chi connectivity index (χ4n) is 11.0. The number of nitrogens with zero attached hydrogens (tertiary/aromatic N) is 3. The molecule has 2 saturated carbocycles. The van der Waals surface area contributed by atoms with Gasteiger partial charge in [0.05, 0.1) is 30.6 Å². The zero-order chi connectivity index (χ0) is 45.1. The Balaban J connectivity index is 0.767. The number of rotatable bonds is 17. The summed E-state index contributed by atoms with van der Waals surface area (Å²) >= 11 is 1.66. The molecule has 21 heteroatoms. The second-order valence-electron chi connectivity index (χ2n) is 19.3. The fraction of sp³-hybridized carbons (Fsp3) is 0.833. The minimum absolute atomic E-state index is 0.0227. The van der Waals surface area contributed by atoms with Crippen LogP contribution in [0.25, 0.3) is 0 Å². The number of unbranched alkanes of at least 4 members (excludes halogenated alkanes) is 2. The molecular weight excluding hydrogens is 853 g/mol. The van der Waals surface area contributed by atoms with Crippen molar-refractivity contribution in [3.8, 4) is 0 Å². The van der Waals surface area contributed by atoms with E-state index in [0.717, 1.165) is 87.7 Å². The van der Waals surface area contributed by atoms with Crippen LogP contribution in [-0.4, -0.2) is 150 Å². The molecule has 0 aromatic carbocycles. The van der Waals surface area contributed by atoms with E-state index in [2.05, 4.69) is 42.3 Å². The number of fused-ring (bicyclic) bond motifs is 1. The molecule has 5 saturated heterocycles. The number of piperidine rings is 1. The van der Waals surface area contributed by atoms with Gasteiger partial charge in [-0.3, -0.25) is 54.5 Å². The molecule has 19 nitrogen and oxygen atoms in total. The summed E-state index contributed by atoms with van der Waals surface area (Å²) in [6.07, 6.45) is 12.0.